The molecule has 1 heterocycles. The summed E-state index contributed by atoms with van der Waals surface area (Å²) < 4.78 is 7.89. The summed E-state index contributed by atoms with van der Waals surface area (Å²) in [6.45, 7) is 5.45. The first-order valence-electron chi connectivity index (χ1n) is 9.79. The second kappa shape index (κ2) is 11.0. The highest BCUT2D eigenvalue weighted by Gasteiger charge is 2.15. The average molecular weight is 445 g/mol. The first-order chi connectivity index (χ1) is 14.5. The second-order valence-electron chi connectivity index (χ2n) is 7.18. The Morgan fingerprint density at radius 3 is 2.70 bits per heavy atom. The van der Waals surface area contributed by atoms with Gasteiger partial charge in [-0.05, 0) is 42.7 Å². The molecule has 0 atom stereocenters. The average Bonchev–Trinajstić information content (AvgIpc) is 3.11. The molecule has 3 aromatic rings. The van der Waals surface area contributed by atoms with Gasteiger partial charge in [-0.2, -0.15) is 0 Å². The molecule has 0 aliphatic rings. The van der Waals surface area contributed by atoms with E-state index in [0.717, 1.165) is 24.5 Å². The minimum absolute atomic E-state index is 0.122. The van der Waals surface area contributed by atoms with Crippen LogP contribution in [-0.4, -0.2) is 26.4 Å². The second-order valence-corrected chi connectivity index (χ2v) is 8.56. The number of nitrogens with one attached hydrogen (secondary N) is 1. The van der Waals surface area contributed by atoms with Crippen molar-refractivity contribution in [2.75, 3.05) is 11.1 Å². The van der Waals surface area contributed by atoms with Gasteiger partial charge in [0.15, 0.2) is 11.0 Å². The number of ether oxygens (including phenoxy) is 1. The van der Waals surface area contributed by atoms with Gasteiger partial charge < -0.3 is 14.6 Å². The van der Waals surface area contributed by atoms with Crippen LogP contribution < -0.4 is 10.1 Å². The van der Waals surface area contributed by atoms with Gasteiger partial charge in [-0.15, -0.1) is 10.2 Å². The third-order valence-electron chi connectivity index (χ3n) is 4.28. The maximum atomic E-state index is 12.3. The molecule has 0 radical (unpaired) electrons. The van der Waals surface area contributed by atoms with E-state index in [1.807, 2.05) is 34.9 Å². The Labute approximate surface area is 186 Å². The Hall–Kier alpha value is -2.51. The van der Waals surface area contributed by atoms with E-state index >= 15 is 0 Å². The molecule has 0 saturated carbocycles. The molecule has 0 saturated heterocycles. The van der Waals surface area contributed by atoms with Crippen molar-refractivity contribution >= 4 is 35.0 Å². The molecular weight excluding hydrogens is 420 g/mol. The van der Waals surface area contributed by atoms with Crippen LogP contribution >= 0.6 is 23.4 Å². The van der Waals surface area contributed by atoms with E-state index in [-0.39, 0.29) is 11.7 Å². The fraction of sp³-hybridized carbons (Fsp3) is 0.318. The van der Waals surface area contributed by atoms with Crippen LogP contribution in [0.25, 0.3) is 0 Å². The minimum atomic E-state index is -0.122. The summed E-state index contributed by atoms with van der Waals surface area (Å²) in [4.78, 5) is 12.3. The summed E-state index contributed by atoms with van der Waals surface area (Å²) in [5, 5.41) is 12.7. The van der Waals surface area contributed by atoms with E-state index in [4.69, 9.17) is 16.3 Å². The Balaban J connectivity index is 1.63. The van der Waals surface area contributed by atoms with E-state index in [0.29, 0.717) is 28.4 Å². The van der Waals surface area contributed by atoms with Crippen LogP contribution in [0.3, 0.4) is 0 Å². The zero-order valence-electron chi connectivity index (χ0n) is 17.0. The van der Waals surface area contributed by atoms with Gasteiger partial charge in [0, 0.05) is 17.3 Å². The van der Waals surface area contributed by atoms with E-state index in [1.165, 1.54) is 11.8 Å². The van der Waals surface area contributed by atoms with Crippen LogP contribution in [-0.2, 0) is 17.9 Å². The number of amides is 1. The van der Waals surface area contributed by atoms with Crippen molar-refractivity contribution < 1.29 is 9.53 Å². The van der Waals surface area contributed by atoms with Gasteiger partial charge in [0.25, 0.3) is 0 Å². The molecule has 0 unspecified atom stereocenters. The number of thioether (sulfide) groups is 1. The molecule has 2 aromatic carbocycles. The van der Waals surface area contributed by atoms with Gasteiger partial charge >= 0.3 is 0 Å². The molecule has 8 heteroatoms. The number of nitrogens with zero attached hydrogens (tertiary/aromatic N) is 3. The number of rotatable bonds is 10. The number of hydrogen-bond donors (Lipinski definition) is 1. The molecule has 0 aliphatic carbocycles. The van der Waals surface area contributed by atoms with E-state index in [1.54, 1.807) is 24.3 Å². The van der Waals surface area contributed by atoms with Gasteiger partial charge in [0.2, 0.25) is 5.91 Å². The molecule has 158 valence electrons. The zero-order valence-corrected chi connectivity index (χ0v) is 18.6. The number of aromatic nitrogens is 3. The molecule has 0 bridgehead atoms. The van der Waals surface area contributed by atoms with Crippen molar-refractivity contribution in [2.24, 2.45) is 5.92 Å². The highest BCUT2D eigenvalue weighted by molar-refractivity contribution is 7.99. The topological polar surface area (TPSA) is 69.0 Å². The van der Waals surface area contributed by atoms with E-state index < -0.39 is 0 Å². The van der Waals surface area contributed by atoms with Gasteiger partial charge in [0.05, 0.1) is 5.75 Å². The molecule has 0 aliphatic heterocycles. The Morgan fingerprint density at radius 2 is 1.97 bits per heavy atom. The van der Waals surface area contributed by atoms with E-state index in [2.05, 4.69) is 29.4 Å². The van der Waals surface area contributed by atoms with Crippen molar-refractivity contribution in [2.45, 2.75) is 38.6 Å². The Morgan fingerprint density at radius 1 is 1.17 bits per heavy atom. The van der Waals surface area contributed by atoms with Crippen LogP contribution in [0.15, 0.2) is 59.8 Å². The predicted octanol–water partition coefficient (Wildman–Crippen LogP) is 5.29. The number of hydrogen-bond acceptors (Lipinski definition) is 5. The number of para-hydroxylation sites is 1. The quantitative estimate of drug-likeness (QED) is 0.430. The fourth-order valence-corrected chi connectivity index (χ4v) is 3.68. The van der Waals surface area contributed by atoms with Crippen LogP contribution in [0.5, 0.6) is 5.75 Å². The van der Waals surface area contributed by atoms with Crippen LogP contribution in [0.1, 0.15) is 26.1 Å². The monoisotopic (exact) mass is 444 g/mol. The summed E-state index contributed by atoms with van der Waals surface area (Å²) >= 11 is 7.33. The van der Waals surface area contributed by atoms with Crippen molar-refractivity contribution in [3.8, 4) is 5.75 Å². The lowest BCUT2D eigenvalue weighted by Crippen LogP contribution is -2.15. The highest BCUT2D eigenvalue weighted by atomic mass is 35.5. The molecule has 1 aromatic heterocycles. The first kappa shape index (κ1) is 22.2. The minimum Gasteiger partial charge on any atom is -0.486 e. The lowest BCUT2D eigenvalue weighted by molar-refractivity contribution is -0.113. The molecule has 1 amide bonds. The standard InChI is InChI=1S/C22H25ClN4O2S/c1-16(2)11-12-27-20(14-29-19-9-4-3-5-10-19)25-26-22(27)30-15-21(28)24-18-8-6-7-17(23)13-18/h3-10,13,16H,11-12,14-15H2,1-2H3,(H,24,28). The molecule has 1 N–H and O–H groups in total. The summed E-state index contributed by atoms with van der Waals surface area (Å²) in [6.07, 6.45) is 0.985. The molecule has 3 rings (SSSR count). The van der Waals surface area contributed by atoms with Gasteiger partial charge in [-0.3, -0.25) is 4.79 Å². The maximum absolute atomic E-state index is 12.3. The third-order valence-corrected chi connectivity index (χ3v) is 5.48. The highest BCUT2D eigenvalue weighted by Crippen LogP contribution is 2.21. The summed E-state index contributed by atoms with van der Waals surface area (Å²) in [7, 11) is 0. The smallest absolute Gasteiger partial charge is 0.234 e. The van der Waals surface area contributed by atoms with Gasteiger partial charge in [-0.25, -0.2) is 0 Å². The van der Waals surface area contributed by atoms with E-state index in [9.17, 15) is 4.79 Å². The summed E-state index contributed by atoms with van der Waals surface area (Å²) in [6, 6.07) is 16.7. The summed E-state index contributed by atoms with van der Waals surface area (Å²) in [5.74, 6) is 2.18. The predicted molar refractivity (Wildman–Crippen MR) is 121 cm³/mol. The molecule has 6 nitrogen and oxygen atoms in total. The Kier molecular flexibility index (Phi) is 8.16. The lowest BCUT2D eigenvalue weighted by atomic mass is 10.1. The van der Waals surface area contributed by atoms with Gasteiger partial charge in [-0.1, -0.05) is 61.5 Å². The van der Waals surface area contributed by atoms with Crippen molar-refractivity contribution in [3.05, 3.63) is 65.4 Å². The van der Waals surface area contributed by atoms with Crippen LogP contribution in [0.4, 0.5) is 5.69 Å². The fourth-order valence-electron chi connectivity index (χ4n) is 2.70. The number of carbonyl (C=O) groups excluding carboxylic acids is 1. The van der Waals surface area contributed by atoms with Crippen molar-refractivity contribution in [3.63, 3.8) is 0 Å². The normalized spacial score (nSPS) is 10.9. The number of anilines is 1. The number of halogens is 1. The number of carbonyl (C=O) groups is 1. The van der Waals surface area contributed by atoms with Crippen LogP contribution in [0, 0.1) is 5.92 Å². The maximum Gasteiger partial charge on any atom is 0.234 e. The van der Waals surface area contributed by atoms with Gasteiger partial charge in [0.1, 0.15) is 12.4 Å². The van der Waals surface area contributed by atoms with Crippen molar-refractivity contribution in [1.29, 1.82) is 0 Å². The third kappa shape index (κ3) is 6.78. The van der Waals surface area contributed by atoms with Crippen molar-refractivity contribution in [1.82, 2.24) is 14.8 Å². The first-order valence-corrected chi connectivity index (χ1v) is 11.2. The lowest BCUT2D eigenvalue weighted by Gasteiger charge is -2.12. The molecule has 0 spiro atoms. The van der Waals surface area contributed by atoms with Crippen LogP contribution in [0.2, 0.25) is 5.02 Å². The Bertz CT molecular complexity index is 963. The molecule has 30 heavy (non-hydrogen) atoms. The summed E-state index contributed by atoms with van der Waals surface area (Å²) in [5.41, 5.74) is 0.673. The zero-order chi connectivity index (χ0) is 21.3. The molecule has 0 fully saturated rings. The largest absolute Gasteiger partial charge is 0.486 e. The molecular formula is C22H25ClN4O2S. The number of benzene rings is 2. The SMILES string of the molecule is CC(C)CCn1c(COc2ccccc2)nnc1SCC(=O)Nc1cccc(Cl)c1.